The first kappa shape index (κ1) is 38.1. The van der Waals surface area contributed by atoms with Gasteiger partial charge in [-0.2, -0.15) is 0 Å². The van der Waals surface area contributed by atoms with Crippen LogP contribution in [0, 0.1) is 53.2 Å². The molecule has 3 saturated heterocycles. The highest BCUT2D eigenvalue weighted by molar-refractivity contribution is 5.77. The number of esters is 3. The Hall–Kier alpha value is -5.37. The van der Waals surface area contributed by atoms with E-state index in [2.05, 4.69) is 0 Å². The van der Waals surface area contributed by atoms with Gasteiger partial charge in [0.2, 0.25) is 0 Å². The summed E-state index contributed by atoms with van der Waals surface area (Å²) in [5.41, 5.74) is 18.3. The van der Waals surface area contributed by atoms with Gasteiger partial charge in [0, 0.05) is 135 Å². The fourth-order valence-electron chi connectivity index (χ4n) is 11.3. The van der Waals surface area contributed by atoms with Crippen LogP contribution in [0.25, 0.3) is 0 Å². The van der Waals surface area contributed by atoms with E-state index in [1.54, 1.807) is 41.5 Å². The molecule has 0 aliphatic carbocycles. The average molecular weight is 1290 g/mol. The number of rotatable bonds is 21. The van der Waals surface area contributed by atoms with Crippen LogP contribution in [0.15, 0.2) is 36.4 Å². The van der Waals surface area contributed by atoms with Crippen LogP contribution in [-0.2, 0) is 47.7 Å². The van der Waals surface area contributed by atoms with Gasteiger partial charge >= 0.3 is 17.9 Å². The van der Waals surface area contributed by atoms with Crippen LogP contribution in [0.1, 0.15) is 219 Å². The Morgan fingerprint density at radius 2 is 0.789 bits per heavy atom. The van der Waals surface area contributed by atoms with Crippen molar-refractivity contribution in [3.63, 3.8) is 0 Å². The SMILES string of the molecule is [2H]C([2H])([2H])C([2H])(C)C([2H])([2H])C1CN2C(CC1OC(=O)[C@@H](N)C(C)C)c1cc(OC)c(OC)cc1C([2H])([2H])C2([2H])[2H].[2H]C([2H])([2H])Oc1cc2c(cc1OC)C1CC(OC(=O)[C@@H](N)C(C)C)C(C([2H])([2H])C([2H])(C)C([2H])([2H])[2H])CN1C([2H])([2H])C2([2H])[2H].[2H]C1(OC(=O)[C@@H](N)C(C)C)CC2c3cc(OC)c(OC)cc3C([2H])([2H])C([2H])([2H])N2CC1C([2H])([2H])C([2H])(C)C([2H])([2H])[2H]. The number of piperidine rings is 3. The second-order valence-corrected chi connectivity index (χ2v) is 23.9. The zero-order valence-corrected chi connectivity index (χ0v) is 53.8. The molecule has 9 rings (SSSR count). The van der Waals surface area contributed by atoms with E-state index < -0.39 is 225 Å². The maximum Gasteiger partial charge on any atom is 0.323 e. The summed E-state index contributed by atoms with van der Waals surface area (Å²) >= 11 is 0. The van der Waals surface area contributed by atoms with Gasteiger partial charge in [0.25, 0.3) is 0 Å². The number of fused-ring (bicyclic) bond motifs is 9. The van der Waals surface area contributed by atoms with Gasteiger partial charge < -0.3 is 59.8 Å². The second kappa shape index (κ2) is 32.5. The molecule has 6 aliphatic heterocycles. The van der Waals surface area contributed by atoms with Gasteiger partial charge in [-0.3, -0.25) is 29.1 Å². The van der Waals surface area contributed by atoms with Crippen LogP contribution >= 0.6 is 0 Å². The highest BCUT2D eigenvalue weighted by Crippen LogP contribution is 2.48. The van der Waals surface area contributed by atoms with Gasteiger partial charge in [-0.25, -0.2) is 0 Å². The third-order valence-electron chi connectivity index (χ3n) is 16.5. The van der Waals surface area contributed by atoms with Gasteiger partial charge in [-0.1, -0.05) is 82.9 Å². The Balaban J connectivity index is 0.000000256. The fourth-order valence-corrected chi connectivity index (χ4v) is 11.3. The third kappa shape index (κ3) is 17.5. The minimum absolute atomic E-state index is 0.00496. The van der Waals surface area contributed by atoms with Crippen molar-refractivity contribution < 1.29 is 104 Å². The van der Waals surface area contributed by atoms with E-state index in [9.17, 15) is 15.8 Å². The number of nitrogens with zero attached hydrogens (tertiary/aromatic N) is 3. The Morgan fingerprint density at radius 3 is 1.11 bits per heavy atom. The van der Waals surface area contributed by atoms with Crippen LogP contribution in [0.4, 0.5) is 0 Å². The zero-order valence-electron chi connectivity index (χ0n) is 87.8. The molecule has 15 atom stereocenters. The molecule has 0 bridgehead atoms. The summed E-state index contributed by atoms with van der Waals surface area (Å²) in [6, 6.07) is 1.46. The number of carbonyl (C=O) groups is 3. The first-order valence-electron chi connectivity index (χ1n) is 46.9. The highest BCUT2D eigenvalue weighted by atomic mass is 16.6. The van der Waals surface area contributed by atoms with E-state index >= 15 is 0 Å². The highest BCUT2D eigenvalue weighted by Gasteiger charge is 2.45. The second-order valence-electron chi connectivity index (χ2n) is 23.9. The molecule has 3 fully saturated rings. The molecule has 0 amide bonds. The summed E-state index contributed by atoms with van der Waals surface area (Å²) in [4.78, 5) is 42.2. The Labute approximate surface area is 587 Å². The van der Waals surface area contributed by atoms with Crippen molar-refractivity contribution in [2.45, 2.75) is 195 Å². The number of methoxy groups -OCH3 is 6. The molecule has 6 N–H and O–H groups in total. The largest absolute Gasteiger partial charge is 0.493 e. The van der Waals surface area contributed by atoms with Crippen molar-refractivity contribution in [1.29, 1.82) is 0 Å². The van der Waals surface area contributed by atoms with E-state index in [1.165, 1.54) is 65.9 Å². The van der Waals surface area contributed by atoms with Crippen LogP contribution in [0.2, 0.25) is 0 Å². The van der Waals surface area contributed by atoms with Crippen LogP contribution in [0.5, 0.6) is 34.5 Å². The predicted molar refractivity (Wildman–Crippen MR) is 353 cm³/mol. The molecule has 0 radical (unpaired) electrons. The topological polar surface area (TPSA) is 222 Å². The van der Waals surface area contributed by atoms with Crippen molar-refractivity contribution in [2.75, 3.05) is 81.7 Å². The molecule has 90 heavy (non-hydrogen) atoms. The lowest BCUT2D eigenvalue weighted by Crippen LogP contribution is -2.51. The standard InChI is InChI=1S/3C24H38N2O4/c3*1-14(2)9-17-13-26-8-7-16-10-21(28-5)22(29-6)11-18(16)19(26)12-20(17)30-24(27)23(25)15(3)4/h3*10-11,14-15,17,19-20,23H,7-9,12-13,25H2,1-6H3/t3*17?,19?,20?,23-/m000/s1/i1D3,7D2,8D2,9D2,14D,20D;1D3,5D3,7D2,8D2,9D2,14D;1D3,7D2,8D2,9D2,14D/t3*14?,17?,19?,20?,23-. The molecular weight excluding hydrogens is 1140 g/mol. The molecule has 0 spiro atoms. The van der Waals surface area contributed by atoms with Crippen LogP contribution in [-0.4, -0.2) is 151 Å². The minimum Gasteiger partial charge on any atom is -0.493 e. The smallest absolute Gasteiger partial charge is 0.323 e. The number of hydrogen-bond donors (Lipinski definition) is 3. The summed E-state index contributed by atoms with van der Waals surface area (Å²) in [5, 5.41) is 0. The molecule has 0 aromatic heterocycles. The number of benzene rings is 3. The van der Waals surface area contributed by atoms with Crippen LogP contribution in [0.3, 0.4) is 0 Å². The molecule has 18 nitrogen and oxygen atoms in total. The van der Waals surface area contributed by atoms with Gasteiger partial charge in [-0.05, 0) is 143 Å². The summed E-state index contributed by atoms with van der Waals surface area (Å²) in [7, 11) is 3.76. The van der Waals surface area contributed by atoms with Gasteiger partial charge in [0.1, 0.15) is 36.4 Å². The average Bonchev–Trinajstić information content (AvgIpc) is 0.705. The van der Waals surface area contributed by atoms with Gasteiger partial charge in [-0.15, -0.1) is 0 Å². The van der Waals surface area contributed by atoms with E-state index in [4.69, 9.17) is 105 Å². The van der Waals surface area contributed by atoms with Gasteiger partial charge in [0.05, 0.1) is 48.1 Å². The number of aryl methyl sites for hydroxylation is 3. The molecule has 18 heteroatoms. The predicted octanol–water partition coefficient (Wildman–Crippen LogP) is 10.7. The van der Waals surface area contributed by atoms with Crippen LogP contribution < -0.4 is 45.6 Å². The molecule has 0 saturated carbocycles. The Kier molecular flexibility index (Phi) is 13.7. The lowest BCUT2D eigenvalue weighted by Gasteiger charge is -2.47. The maximum absolute atomic E-state index is 13.1. The molecule has 6 heterocycles. The zero-order chi connectivity index (χ0) is 95.8. The lowest BCUT2D eigenvalue weighted by atomic mass is 9.79. The molecule has 504 valence electrons. The van der Waals surface area contributed by atoms with Gasteiger partial charge in [0.15, 0.2) is 34.5 Å². The van der Waals surface area contributed by atoms with E-state index in [0.717, 1.165) is 41.5 Å². The van der Waals surface area contributed by atoms with E-state index in [1.807, 2.05) is 0 Å². The first-order chi connectivity index (χ1) is 55.7. The number of ether oxygens (including phenoxy) is 9. The van der Waals surface area contributed by atoms with Crippen molar-refractivity contribution in [2.24, 2.45) is 70.4 Å². The number of carbonyl (C=O) groups excluding carboxylic acids is 3. The first-order valence-corrected chi connectivity index (χ1v) is 29.9. The normalized spacial score (nSPS) is 37.6. The van der Waals surface area contributed by atoms with Crippen molar-refractivity contribution in [3.8, 4) is 34.5 Å². The number of nitrogens with two attached hydrogens (primary N) is 3. The number of hydrogen-bond acceptors (Lipinski definition) is 18. The minimum atomic E-state index is -3.18. The fraction of sp³-hybridized carbons (Fsp3) is 0.708. The third-order valence-corrected chi connectivity index (χ3v) is 16.5. The van der Waals surface area contributed by atoms with E-state index in [0.29, 0.717) is 5.56 Å². The summed E-state index contributed by atoms with van der Waals surface area (Å²) in [6.07, 6.45) is -23.3. The van der Waals surface area contributed by atoms with Crippen molar-refractivity contribution in [1.82, 2.24) is 14.7 Å². The molecule has 3 aromatic rings. The Morgan fingerprint density at radius 1 is 0.489 bits per heavy atom. The van der Waals surface area contributed by atoms with E-state index in [-0.39, 0.29) is 87.0 Å². The molecule has 12 unspecified atom stereocenters. The summed E-state index contributed by atoms with van der Waals surface area (Å²) in [6.45, 7) is -7.02. The summed E-state index contributed by atoms with van der Waals surface area (Å²) in [5.74, 6) is -16.8. The maximum atomic E-state index is 13.1. The molecule has 3 aromatic carbocycles. The molecule has 6 aliphatic rings. The monoisotopic (exact) mass is 1290 g/mol. The molecular formula is C72H114N6O12. The lowest BCUT2D eigenvalue weighted by molar-refractivity contribution is -0.161. The van der Waals surface area contributed by atoms with Crippen molar-refractivity contribution >= 4 is 17.9 Å². The Bertz CT molecular complexity index is 4370. The van der Waals surface area contributed by atoms with Crippen molar-refractivity contribution in [3.05, 3.63) is 69.8 Å². The summed E-state index contributed by atoms with van der Waals surface area (Å²) < 4.78 is 336. The quantitative estimate of drug-likeness (QED) is 0.0666.